The Morgan fingerprint density at radius 2 is 1.85 bits per heavy atom. The summed E-state index contributed by atoms with van der Waals surface area (Å²) in [4.78, 5) is 21.7. The Bertz CT molecular complexity index is 517. The maximum Gasteiger partial charge on any atom is 0.416 e. The van der Waals surface area contributed by atoms with Crippen LogP contribution in [-0.2, 0) is 15.8 Å². The number of amides is 1. The Labute approximate surface area is 121 Å². The molecule has 0 fully saturated rings. The van der Waals surface area contributed by atoms with Crippen LogP contribution in [0.15, 0.2) is 22.7 Å². The van der Waals surface area contributed by atoms with E-state index in [9.17, 15) is 22.8 Å². The Kier molecular flexibility index (Phi) is 5.55. The second-order valence-electron chi connectivity index (χ2n) is 4.02. The van der Waals surface area contributed by atoms with E-state index in [0.717, 1.165) is 12.1 Å². The van der Waals surface area contributed by atoms with E-state index < -0.39 is 23.6 Å². The van der Waals surface area contributed by atoms with Gasteiger partial charge in [-0.15, -0.1) is 0 Å². The zero-order valence-corrected chi connectivity index (χ0v) is 11.7. The third kappa shape index (κ3) is 5.60. The van der Waals surface area contributed by atoms with E-state index in [2.05, 4.69) is 21.2 Å². The fourth-order valence-electron chi connectivity index (χ4n) is 1.45. The van der Waals surface area contributed by atoms with Gasteiger partial charge in [0, 0.05) is 23.0 Å². The molecule has 0 aliphatic heterocycles. The molecule has 0 aliphatic carbocycles. The molecular formula is C12H11BrF3NO3. The van der Waals surface area contributed by atoms with Gasteiger partial charge in [-0.3, -0.25) is 9.59 Å². The van der Waals surface area contributed by atoms with Crippen molar-refractivity contribution < 1.29 is 27.9 Å². The molecule has 1 rings (SSSR count). The molecule has 0 radical (unpaired) electrons. The maximum atomic E-state index is 12.6. The van der Waals surface area contributed by atoms with Crippen molar-refractivity contribution in [3.63, 3.8) is 0 Å². The molecule has 4 nitrogen and oxygen atoms in total. The highest BCUT2D eigenvalue weighted by molar-refractivity contribution is 9.10. The molecule has 0 unspecified atom stereocenters. The smallest absolute Gasteiger partial charge is 0.416 e. The number of rotatable bonds is 5. The molecule has 0 saturated carbocycles. The summed E-state index contributed by atoms with van der Waals surface area (Å²) in [5.41, 5.74) is -0.875. The van der Waals surface area contributed by atoms with Crippen molar-refractivity contribution >= 4 is 33.5 Å². The summed E-state index contributed by atoms with van der Waals surface area (Å²) >= 11 is 2.94. The molecule has 0 saturated heterocycles. The number of hydrogen-bond donors (Lipinski definition) is 2. The van der Waals surface area contributed by atoms with Crippen LogP contribution in [0.2, 0.25) is 0 Å². The molecule has 8 heteroatoms. The van der Waals surface area contributed by atoms with Crippen molar-refractivity contribution in [2.45, 2.75) is 25.4 Å². The van der Waals surface area contributed by atoms with Gasteiger partial charge in [0.25, 0.3) is 0 Å². The van der Waals surface area contributed by atoms with Crippen LogP contribution in [0.3, 0.4) is 0 Å². The summed E-state index contributed by atoms with van der Waals surface area (Å²) in [6.07, 6.45) is -4.62. The number of carbonyl (C=O) groups is 2. The lowest BCUT2D eigenvalue weighted by molar-refractivity contribution is -0.138. The first kappa shape index (κ1) is 16.5. The summed E-state index contributed by atoms with van der Waals surface area (Å²) in [5, 5.41) is 10.7. The minimum absolute atomic E-state index is 0.00650. The first-order valence-electron chi connectivity index (χ1n) is 5.58. The predicted molar refractivity (Wildman–Crippen MR) is 69.3 cm³/mol. The number of carbonyl (C=O) groups excluding carboxylic acids is 1. The Morgan fingerprint density at radius 1 is 1.20 bits per heavy atom. The number of carboxylic acids is 1. The monoisotopic (exact) mass is 353 g/mol. The van der Waals surface area contributed by atoms with Gasteiger partial charge in [0.1, 0.15) is 0 Å². The number of hydrogen-bond acceptors (Lipinski definition) is 2. The van der Waals surface area contributed by atoms with Crippen LogP contribution in [0, 0.1) is 0 Å². The van der Waals surface area contributed by atoms with E-state index in [1.165, 1.54) is 6.07 Å². The quantitative estimate of drug-likeness (QED) is 0.848. The highest BCUT2D eigenvalue weighted by Gasteiger charge is 2.31. The highest BCUT2D eigenvalue weighted by atomic mass is 79.9. The van der Waals surface area contributed by atoms with Crippen LogP contribution >= 0.6 is 15.9 Å². The summed E-state index contributed by atoms with van der Waals surface area (Å²) in [6, 6.07) is 3.06. The average Bonchev–Trinajstić information content (AvgIpc) is 2.26. The molecule has 110 valence electrons. The van der Waals surface area contributed by atoms with Crippen LogP contribution < -0.4 is 5.32 Å². The molecule has 0 spiro atoms. The number of halogens is 4. The Balaban J connectivity index is 2.70. The van der Waals surface area contributed by atoms with Gasteiger partial charge in [-0.25, -0.2) is 0 Å². The summed E-state index contributed by atoms with van der Waals surface area (Å²) < 4.78 is 37.9. The van der Waals surface area contributed by atoms with Gasteiger partial charge in [0.2, 0.25) is 5.91 Å². The average molecular weight is 354 g/mol. The van der Waals surface area contributed by atoms with E-state index in [-0.39, 0.29) is 29.4 Å². The van der Waals surface area contributed by atoms with Crippen LogP contribution in [0.25, 0.3) is 0 Å². The van der Waals surface area contributed by atoms with Crippen LogP contribution in [-0.4, -0.2) is 17.0 Å². The minimum atomic E-state index is -4.51. The molecule has 1 amide bonds. The Hall–Kier alpha value is -1.57. The third-order valence-electron chi connectivity index (χ3n) is 2.30. The van der Waals surface area contributed by atoms with E-state index in [1.54, 1.807) is 0 Å². The van der Waals surface area contributed by atoms with Crippen molar-refractivity contribution in [3.05, 3.63) is 28.2 Å². The van der Waals surface area contributed by atoms with Crippen molar-refractivity contribution in [2.75, 3.05) is 5.32 Å². The van der Waals surface area contributed by atoms with Crippen molar-refractivity contribution in [3.8, 4) is 0 Å². The molecule has 0 aliphatic rings. The molecule has 1 aromatic carbocycles. The van der Waals surface area contributed by atoms with E-state index in [4.69, 9.17) is 5.11 Å². The lowest BCUT2D eigenvalue weighted by Crippen LogP contribution is -2.13. The van der Waals surface area contributed by atoms with E-state index >= 15 is 0 Å². The maximum absolute atomic E-state index is 12.6. The highest BCUT2D eigenvalue weighted by Crippen LogP contribution is 2.33. The normalized spacial score (nSPS) is 11.2. The number of benzene rings is 1. The fraction of sp³-hybridized carbons (Fsp3) is 0.333. The topological polar surface area (TPSA) is 66.4 Å². The summed E-state index contributed by atoms with van der Waals surface area (Å²) in [5.74, 6) is -1.56. The summed E-state index contributed by atoms with van der Waals surface area (Å²) in [7, 11) is 0. The van der Waals surface area contributed by atoms with Gasteiger partial charge < -0.3 is 10.4 Å². The molecule has 0 bridgehead atoms. The first-order valence-corrected chi connectivity index (χ1v) is 6.37. The predicted octanol–water partition coefficient (Wildman–Crippen LogP) is 3.66. The minimum Gasteiger partial charge on any atom is -0.481 e. The van der Waals surface area contributed by atoms with Gasteiger partial charge in [-0.05, 0) is 24.6 Å². The molecule has 0 atom stereocenters. The SMILES string of the molecule is O=C(O)CCCC(=O)Nc1cc(Br)cc(C(F)(F)F)c1. The molecule has 20 heavy (non-hydrogen) atoms. The number of aliphatic carboxylic acids is 1. The zero-order valence-electron chi connectivity index (χ0n) is 10.1. The molecule has 2 N–H and O–H groups in total. The number of carboxylic acid groups (broad SMARTS) is 1. The molecular weight excluding hydrogens is 343 g/mol. The van der Waals surface area contributed by atoms with Crippen molar-refractivity contribution in [1.29, 1.82) is 0 Å². The fourth-order valence-corrected chi connectivity index (χ4v) is 1.94. The second kappa shape index (κ2) is 6.74. The van der Waals surface area contributed by atoms with Crippen LogP contribution in [0.5, 0.6) is 0 Å². The lowest BCUT2D eigenvalue weighted by atomic mass is 10.2. The zero-order chi connectivity index (χ0) is 15.3. The van der Waals surface area contributed by atoms with E-state index in [1.807, 2.05) is 0 Å². The lowest BCUT2D eigenvalue weighted by Gasteiger charge is -2.11. The van der Waals surface area contributed by atoms with Gasteiger partial charge >= 0.3 is 12.1 Å². The molecule has 0 aromatic heterocycles. The van der Waals surface area contributed by atoms with E-state index in [0.29, 0.717) is 0 Å². The van der Waals surface area contributed by atoms with Gasteiger partial charge in [0.05, 0.1) is 5.56 Å². The number of alkyl halides is 3. The molecule has 1 aromatic rings. The van der Waals surface area contributed by atoms with Gasteiger partial charge in [-0.1, -0.05) is 15.9 Å². The molecule has 0 heterocycles. The van der Waals surface area contributed by atoms with Crippen LogP contribution in [0.1, 0.15) is 24.8 Å². The number of anilines is 1. The largest absolute Gasteiger partial charge is 0.481 e. The van der Waals surface area contributed by atoms with Gasteiger partial charge in [0.15, 0.2) is 0 Å². The van der Waals surface area contributed by atoms with Crippen LogP contribution in [0.4, 0.5) is 18.9 Å². The Morgan fingerprint density at radius 3 is 2.40 bits per heavy atom. The standard InChI is InChI=1S/C12H11BrF3NO3/c13-8-4-7(12(14,15)16)5-9(6-8)17-10(18)2-1-3-11(19)20/h4-6H,1-3H2,(H,17,18)(H,19,20). The third-order valence-corrected chi connectivity index (χ3v) is 2.76. The number of nitrogens with one attached hydrogen (secondary N) is 1. The first-order chi connectivity index (χ1) is 9.18. The second-order valence-corrected chi connectivity index (χ2v) is 4.94. The van der Waals surface area contributed by atoms with Gasteiger partial charge in [-0.2, -0.15) is 13.2 Å². The van der Waals surface area contributed by atoms with Crippen molar-refractivity contribution in [1.82, 2.24) is 0 Å². The van der Waals surface area contributed by atoms with Crippen molar-refractivity contribution in [2.24, 2.45) is 0 Å². The summed E-state index contributed by atoms with van der Waals surface area (Å²) in [6.45, 7) is 0.